The summed E-state index contributed by atoms with van der Waals surface area (Å²) in [5.74, 6) is 0. The van der Waals surface area contributed by atoms with Crippen molar-refractivity contribution < 1.29 is 25.9 Å². The van der Waals surface area contributed by atoms with Gasteiger partial charge in [0.2, 0.25) is 0 Å². The van der Waals surface area contributed by atoms with E-state index in [1.165, 1.54) is 295 Å². The molecule has 0 spiro atoms. The topological polar surface area (TPSA) is 114 Å². The van der Waals surface area contributed by atoms with E-state index in [1.54, 1.807) is 0 Å². The molecule has 0 fully saturated rings. The molecule has 9 heteroatoms. The average molecular weight is 1390 g/mol. The van der Waals surface area contributed by atoms with Gasteiger partial charge in [-0.25, -0.2) is 16.8 Å². The van der Waals surface area contributed by atoms with Gasteiger partial charge in [-0.1, -0.05) is 397 Å². The smallest absolute Gasteiger partial charge is 0.744 e. The Hall–Kier alpha value is -1.21. The molecule has 0 bridgehead atoms. The Labute approximate surface area is 591 Å². The molecular formula is C80H134BaO6S2. The van der Waals surface area contributed by atoms with E-state index in [1.807, 2.05) is 48.5 Å². The maximum absolute atomic E-state index is 12.6. The Bertz CT molecular complexity index is 2370. The monoisotopic (exact) mass is 1390 g/mol. The summed E-state index contributed by atoms with van der Waals surface area (Å²) in [4.78, 5) is 0.110. The fraction of sp³-hybridized carbons (Fsp3) is 0.750. The van der Waals surface area contributed by atoms with E-state index in [4.69, 9.17) is 0 Å². The van der Waals surface area contributed by atoms with Gasteiger partial charge in [-0.15, -0.1) is 0 Å². The molecule has 0 aliphatic rings. The molecule has 89 heavy (non-hydrogen) atoms. The summed E-state index contributed by atoms with van der Waals surface area (Å²) in [6.07, 6.45) is 70.8. The van der Waals surface area contributed by atoms with Crippen LogP contribution < -0.4 is 0 Å². The van der Waals surface area contributed by atoms with Crippen LogP contribution in [-0.2, 0) is 45.9 Å². The minimum atomic E-state index is -4.56. The zero-order valence-corrected chi connectivity index (χ0v) is 64.4. The molecule has 4 rings (SSSR count). The minimum absolute atomic E-state index is 0. The summed E-state index contributed by atoms with van der Waals surface area (Å²) in [5.41, 5.74) is 3.78. The first-order valence-electron chi connectivity index (χ1n) is 38.0. The maximum Gasteiger partial charge on any atom is 2.00 e. The summed E-state index contributed by atoms with van der Waals surface area (Å²) >= 11 is 0. The van der Waals surface area contributed by atoms with Gasteiger partial charge in [0, 0.05) is 0 Å². The quantitative estimate of drug-likeness (QED) is 0.0247. The van der Waals surface area contributed by atoms with Crippen LogP contribution in [0.2, 0.25) is 0 Å². The Morgan fingerprint density at radius 3 is 0.640 bits per heavy atom. The molecule has 0 saturated heterocycles. The first-order valence-corrected chi connectivity index (χ1v) is 40.8. The second-order valence-corrected chi connectivity index (χ2v) is 29.6. The number of aryl methyl sites for hydroxylation is 2. The molecule has 504 valence electrons. The van der Waals surface area contributed by atoms with E-state index < -0.39 is 20.2 Å². The molecular weight excluding hydrogens is 1260 g/mol. The fourth-order valence-corrected chi connectivity index (χ4v) is 15.7. The second-order valence-electron chi connectivity index (χ2n) is 27.0. The maximum atomic E-state index is 12.6. The summed E-state index contributed by atoms with van der Waals surface area (Å²) in [6.45, 7) is 9.09. The summed E-state index contributed by atoms with van der Waals surface area (Å²) < 4.78 is 75.5. The predicted molar refractivity (Wildman–Crippen MR) is 387 cm³/mol. The van der Waals surface area contributed by atoms with Gasteiger partial charge in [0.15, 0.2) is 0 Å². The minimum Gasteiger partial charge on any atom is -0.744 e. The Kier molecular flexibility index (Phi) is 52.8. The number of benzene rings is 4. The van der Waals surface area contributed by atoms with Crippen LogP contribution in [0.15, 0.2) is 70.5 Å². The molecule has 0 unspecified atom stereocenters. The van der Waals surface area contributed by atoms with Gasteiger partial charge in [0.05, 0.1) is 9.79 Å². The molecule has 4 aromatic carbocycles. The molecule has 0 saturated carbocycles. The normalized spacial score (nSPS) is 11.8. The van der Waals surface area contributed by atoms with Crippen molar-refractivity contribution in [3.8, 4) is 0 Å². The number of hydrogen-bond acceptors (Lipinski definition) is 6. The third-order valence-corrected chi connectivity index (χ3v) is 21.0. The van der Waals surface area contributed by atoms with Crippen molar-refractivity contribution in [2.75, 3.05) is 0 Å². The van der Waals surface area contributed by atoms with E-state index >= 15 is 0 Å². The second kappa shape index (κ2) is 56.0. The molecule has 0 aromatic heterocycles. The van der Waals surface area contributed by atoms with Crippen molar-refractivity contribution in [3.63, 3.8) is 0 Å². The van der Waals surface area contributed by atoms with Crippen LogP contribution in [0.4, 0.5) is 0 Å². The SMILES string of the molecule is CCCCCCCCCCCCCCCc1cc2ccccc2c(S(=O)(=O)[O-])c1CCCCCCCCCCCCCCC.CCCCCCCCCCCCCCCc1cc2ccccc2c(S(=O)(=O)[O-])c1CCCCCCCCCCCCCCC.[Ba+2]. The average Bonchev–Trinajstić information content (AvgIpc) is 2.13. The van der Waals surface area contributed by atoms with E-state index in [0.717, 1.165) is 84.4 Å². The summed E-state index contributed by atoms with van der Waals surface area (Å²) in [7, 11) is -9.12. The standard InChI is InChI=1S/2C40H68O3S.Ba/c2*1-3-5-7-9-11-13-15-17-19-21-23-25-27-31-36-35-37-32-29-30-34-39(37)40(44(41,42)43)38(36)33-28-26-24-22-20-18-16-14-12-10-8-6-4-2;/h2*29-30,32,34-35H,3-28,31,33H2,1-2H3,(H,41,42,43);/q;;+2/p-2. The third kappa shape index (κ3) is 40.1. The van der Waals surface area contributed by atoms with Gasteiger partial charge in [0.25, 0.3) is 0 Å². The molecule has 0 amide bonds. The molecule has 4 aromatic rings. The molecule has 0 heterocycles. The van der Waals surface area contributed by atoms with Crippen LogP contribution in [0.1, 0.15) is 384 Å². The van der Waals surface area contributed by atoms with Gasteiger partial charge in [-0.3, -0.25) is 0 Å². The van der Waals surface area contributed by atoms with Gasteiger partial charge < -0.3 is 9.11 Å². The van der Waals surface area contributed by atoms with Gasteiger partial charge >= 0.3 is 48.9 Å². The van der Waals surface area contributed by atoms with E-state index in [9.17, 15) is 25.9 Å². The first-order chi connectivity index (χ1) is 43.0. The van der Waals surface area contributed by atoms with Crippen molar-refractivity contribution in [2.45, 2.75) is 397 Å². The fourth-order valence-electron chi connectivity index (χ4n) is 13.7. The molecule has 6 nitrogen and oxygen atoms in total. The molecule has 0 N–H and O–H groups in total. The Morgan fingerprint density at radius 1 is 0.258 bits per heavy atom. The van der Waals surface area contributed by atoms with Crippen LogP contribution >= 0.6 is 0 Å². The zero-order valence-electron chi connectivity index (χ0n) is 58.3. The van der Waals surface area contributed by atoms with Gasteiger partial charge in [-0.05, 0) is 95.2 Å². The van der Waals surface area contributed by atoms with Crippen LogP contribution in [0.3, 0.4) is 0 Å². The number of hydrogen-bond donors (Lipinski definition) is 0. The Morgan fingerprint density at radius 2 is 0.438 bits per heavy atom. The summed E-state index contributed by atoms with van der Waals surface area (Å²) in [6, 6.07) is 19.4. The van der Waals surface area contributed by atoms with Gasteiger partial charge in [-0.2, -0.15) is 0 Å². The van der Waals surface area contributed by atoms with Crippen molar-refractivity contribution in [1.29, 1.82) is 0 Å². The molecule has 0 aliphatic heterocycles. The van der Waals surface area contributed by atoms with Crippen molar-refractivity contribution in [3.05, 3.63) is 82.9 Å². The van der Waals surface area contributed by atoms with E-state index in [0.29, 0.717) is 23.6 Å². The van der Waals surface area contributed by atoms with Crippen LogP contribution in [0.5, 0.6) is 0 Å². The van der Waals surface area contributed by atoms with Crippen molar-refractivity contribution in [1.82, 2.24) is 0 Å². The van der Waals surface area contributed by atoms with E-state index in [2.05, 4.69) is 39.8 Å². The van der Waals surface area contributed by atoms with Crippen molar-refractivity contribution >= 4 is 90.7 Å². The zero-order chi connectivity index (χ0) is 63.4. The Balaban J connectivity index is 0.000000600. The number of rotatable bonds is 58. The predicted octanol–water partition coefficient (Wildman–Crippen LogP) is 25.6. The van der Waals surface area contributed by atoms with Crippen molar-refractivity contribution in [2.24, 2.45) is 0 Å². The largest absolute Gasteiger partial charge is 2.00 e. The first kappa shape index (κ1) is 83.9. The van der Waals surface area contributed by atoms with Gasteiger partial charge in [0.1, 0.15) is 20.2 Å². The van der Waals surface area contributed by atoms with Crippen LogP contribution in [0.25, 0.3) is 21.5 Å². The van der Waals surface area contributed by atoms with E-state index in [-0.39, 0.29) is 58.7 Å². The third-order valence-electron chi connectivity index (χ3n) is 19.1. The van der Waals surface area contributed by atoms with Crippen LogP contribution in [0, 0.1) is 0 Å². The van der Waals surface area contributed by atoms with Crippen LogP contribution in [-0.4, -0.2) is 74.8 Å². The summed E-state index contributed by atoms with van der Waals surface area (Å²) in [5, 5.41) is 2.95. The number of fused-ring (bicyclic) bond motifs is 2. The molecule has 0 radical (unpaired) electrons. The number of unbranched alkanes of at least 4 members (excludes halogenated alkanes) is 48. The molecule has 0 aliphatic carbocycles. The molecule has 0 atom stereocenters.